The Morgan fingerprint density at radius 3 is 2.60 bits per heavy atom. The third-order valence-electron chi connectivity index (χ3n) is 4.44. The van der Waals surface area contributed by atoms with Crippen LogP contribution in [0.15, 0.2) is 58.5 Å². The normalized spacial score (nSPS) is 17.7. The van der Waals surface area contributed by atoms with Crippen molar-refractivity contribution in [3.05, 3.63) is 76.9 Å². The molecule has 0 saturated carbocycles. The Morgan fingerprint density at radius 1 is 1.17 bits per heavy atom. The first-order valence-corrected chi connectivity index (χ1v) is 9.47. The first kappa shape index (κ1) is 20.0. The second kappa shape index (κ2) is 7.84. The Kier molecular flexibility index (Phi) is 5.22. The summed E-state index contributed by atoms with van der Waals surface area (Å²) in [5.74, 6) is -2.50. The van der Waals surface area contributed by atoms with Crippen molar-refractivity contribution in [3.8, 4) is 0 Å². The van der Waals surface area contributed by atoms with Crippen molar-refractivity contribution in [2.24, 2.45) is 0 Å². The van der Waals surface area contributed by atoms with Gasteiger partial charge in [-0.2, -0.15) is 15.0 Å². The molecule has 1 atom stereocenters. The van der Waals surface area contributed by atoms with Crippen molar-refractivity contribution < 1.29 is 27.9 Å². The van der Waals surface area contributed by atoms with E-state index in [2.05, 4.69) is 10.2 Å². The van der Waals surface area contributed by atoms with Crippen molar-refractivity contribution >= 4 is 29.0 Å². The summed E-state index contributed by atoms with van der Waals surface area (Å²) in [5, 5.41) is 18.4. The van der Waals surface area contributed by atoms with Gasteiger partial charge in [-0.25, -0.2) is 8.78 Å². The van der Waals surface area contributed by atoms with Gasteiger partial charge in [-0.3, -0.25) is 14.5 Å². The minimum absolute atomic E-state index is 0.126. The fourth-order valence-corrected chi connectivity index (χ4v) is 3.89. The van der Waals surface area contributed by atoms with Crippen LogP contribution in [0.4, 0.5) is 13.6 Å². The highest BCUT2D eigenvalue weighted by Crippen LogP contribution is 2.36. The summed E-state index contributed by atoms with van der Waals surface area (Å²) >= 11 is 0.684. The smallest absolute Gasteiger partial charge is 0.293 e. The molecular weight excluding hydrogens is 418 g/mol. The molecule has 3 aromatic rings. The maximum atomic E-state index is 14.5. The van der Waals surface area contributed by atoms with Gasteiger partial charge in [0.05, 0.1) is 42.9 Å². The lowest BCUT2D eigenvalue weighted by Crippen LogP contribution is -2.46. The van der Waals surface area contributed by atoms with Crippen molar-refractivity contribution in [2.75, 3.05) is 6.54 Å². The van der Waals surface area contributed by atoms with E-state index in [1.54, 1.807) is 6.07 Å². The van der Waals surface area contributed by atoms with E-state index in [0.717, 1.165) is 21.8 Å². The van der Waals surface area contributed by atoms with Gasteiger partial charge in [0.15, 0.2) is 0 Å². The van der Waals surface area contributed by atoms with Gasteiger partial charge < -0.3 is 9.52 Å². The second-order valence-corrected chi connectivity index (χ2v) is 7.53. The van der Waals surface area contributed by atoms with E-state index in [1.165, 1.54) is 31.0 Å². The lowest BCUT2D eigenvalue weighted by molar-refractivity contribution is -0.126. The van der Waals surface area contributed by atoms with E-state index < -0.39 is 34.9 Å². The average molecular weight is 432 g/mol. The number of hydrogen-bond acceptors (Lipinski definition) is 7. The van der Waals surface area contributed by atoms with E-state index in [0.29, 0.717) is 23.4 Å². The number of nitrogens with zero attached hydrogens (tertiary/aromatic N) is 4. The average Bonchev–Trinajstić information content (AvgIpc) is 3.43. The molecule has 0 spiro atoms. The van der Waals surface area contributed by atoms with Gasteiger partial charge in [0.25, 0.3) is 11.1 Å². The number of hydrogen-bond donors (Lipinski definition) is 1. The van der Waals surface area contributed by atoms with E-state index in [4.69, 9.17) is 4.42 Å². The number of aromatic nitrogens is 3. The number of benzene rings is 1. The molecule has 0 aliphatic carbocycles. The van der Waals surface area contributed by atoms with Gasteiger partial charge in [0.2, 0.25) is 0 Å². The Hall–Kier alpha value is -3.31. The van der Waals surface area contributed by atoms with E-state index in [1.807, 2.05) is 0 Å². The van der Waals surface area contributed by atoms with Gasteiger partial charge in [-0.05, 0) is 30.0 Å². The molecule has 1 aliphatic rings. The third kappa shape index (κ3) is 3.89. The monoisotopic (exact) mass is 432 g/mol. The van der Waals surface area contributed by atoms with E-state index in [9.17, 15) is 23.5 Å². The summed E-state index contributed by atoms with van der Waals surface area (Å²) in [5.41, 5.74) is -1.81. The minimum atomic E-state index is -2.10. The molecule has 1 fully saturated rings. The predicted octanol–water partition coefficient (Wildman–Crippen LogP) is 2.77. The van der Waals surface area contributed by atoms with Crippen LogP contribution in [0.25, 0.3) is 6.08 Å². The minimum Gasteiger partial charge on any atom is -0.472 e. The number of rotatable bonds is 6. The molecule has 2 amide bonds. The molecule has 0 bridgehead atoms. The molecule has 8 nitrogen and oxygen atoms in total. The largest absolute Gasteiger partial charge is 0.472 e. The molecule has 1 aromatic carbocycles. The fourth-order valence-electron chi connectivity index (χ4n) is 3.05. The summed E-state index contributed by atoms with van der Waals surface area (Å²) in [6.45, 7) is -0.949. The molecule has 11 heteroatoms. The highest BCUT2D eigenvalue weighted by Gasteiger charge is 2.43. The van der Waals surface area contributed by atoms with Crippen molar-refractivity contribution in [2.45, 2.75) is 12.1 Å². The number of carbonyl (C=O) groups excluding carboxylic acids is 2. The van der Waals surface area contributed by atoms with Gasteiger partial charge in [-0.1, -0.05) is 6.07 Å². The van der Waals surface area contributed by atoms with Crippen LogP contribution >= 0.6 is 11.8 Å². The number of furan rings is 1. The molecule has 1 saturated heterocycles. The Bertz CT molecular complexity index is 1120. The maximum Gasteiger partial charge on any atom is 0.293 e. The number of halogens is 2. The number of thioether (sulfide) groups is 1. The van der Waals surface area contributed by atoms with Crippen LogP contribution in [-0.4, -0.2) is 42.7 Å². The number of amides is 2. The van der Waals surface area contributed by atoms with Crippen molar-refractivity contribution in [3.63, 3.8) is 0 Å². The van der Waals surface area contributed by atoms with Gasteiger partial charge in [0, 0.05) is 17.2 Å². The SMILES string of the molecule is O=C1S/C(=C\c2ccoc2)C(=O)N1CC(O)(Cn1nccn1)c1ccc(F)cc1F. The van der Waals surface area contributed by atoms with Crippen LogP contribution in [0.2, 0.25) is 0 Å². The highest BCUT2D eigenvalue weighted by atomic mass is 32.2. The Balaban J connectivity index is 1.68. The number of β-amino-alcohol motifs (C(OH)–C–C–N with tert-alkyl or cyclic N) is 1. The van der Waals surface area contributed by atoms with Crippen LogP contribution in [0, 0.1) is 11.6 Å². The zero-order valence-corrected chi connectivity index (χ0v) is 16.1. The van der Waals surface area contributed by atoms with Crippen LogP contribution < -0.4 is 0 Å². The lowest BCUT2D eigenvalue weighted by atomic mass is 9.92. The van der Waals surface area contributed by atoms with Crippen molar-refractivity contribution in [1.82, 2.24) is 19.9 Å². The zero-order chi connectivity index (χ0) is 21.3. The quantitative estimate of drug-likeness (QED) is 0.598. The summed E-state index contributed by atoms with van der Waals surface area (Å²) in [4.78, 5) is 27.3. The Morgan fingerprint density at radius 2 is 1.93 bits per heavy atom. The number of carbonyl (C=O) groups is 2. The lowest BCUT2D eigenvalue weighted by Gasteiger charge is -2.31. The molecule has 154 valence electrons. The van der Waals surface area contributed by atoms with Gasteiger partial charge >= 0.3 is 0 Å². The molecule has 1 unspecified atom stereocenters. The Labute approximate surface area is 172 Å². The van der Waals surface area contributed by atoms with E-state index >= 15 is 0 Å². The van der Waals surface area contributed by atoms with Crippen LogP contribution in [0.1, 0.15) is 11.1 Å². The molecular formula is C19H14F2N4O4S. The first-order chi connectivity index (χ1) is 14.4. The van der Waals surface area contributed by atoms with Gasteiger partial charge in [0.1, 0.15) is 17.2 Å². The highest BCUT2D eigenvalue weighted by molar-refractivity contribution is 8.18. The van der Waals surface area contributed by atoms with Gasteiger partial charge in [-0.15, -0.1) is 0 Å². The number of imide groups is 1. The number of aliphatic hydroxyl groups is 1. The summed E-state index contributed by atoms with van der Waals surface area (Å²) < 4.78 is 32.8. The molecule has 1 N–H and O–H groups in total. The predicted molar refractivity (Wildman–Crippen MR) is 102 cm³/mol. The molecule has 2 aromatic heterocycles. The molecule has 3 heterocycles. The zero-order valence-electron chi connectivity index (χ0n) is 15.2. The molecule has 30 heavy (non-hydrogen) atoms. The van der Waals surface area contributed by atoms with Crippen LogP contribution in [-0.2, 0) is 16.9 Å². The van der Waals surface area contributed by atoms with Crippen LogP contribution in [0.5, 0.6) is 0 Å². The van der Waals surface area contributed by atoms with Crippen molar-refractivity contribution in [1.29, 1.82) is 0 Å². The summed E-state index contributed by atoms with van der Waals surface area (Å²) in [7, 11) is 0. The van der Waals surface area contributed by atoms with E-state index in [-0.39, 0.29) is 17.0 Å². The first-order valence-electron chi connectivity index (χ1n) is 8.65. The van der Waals surface area contributed by atoms with Crippen LogP contribution in [0.3, 0.4) is 0 Å². The fraction of sp³-hybridized carbons (Fsp3) is 0.158. The third-order valence-corrected chi connectivity index (χ3v) is 5.34. The molecule has 1 aliphatic heterocycles. The second-order valence-electron chi connectivity index (χ2n) is 6.54. The standard InChI is InChI=1S/C19H14F2N4O4S/c20-13-1-2-14(15(21)8-13)19(28,11-25-22-4-5-23-25)10-24-17(26)16(30-18(24)27)7-12-3-6-29-9-12/h1-9,28H,10-11H2/b16-7-. The molecule has 0 radical (unpaired) electrons. The maximum absolute atomic E-state index is 14.5. The topological polar surface area (TPSA) is 101 Å². The molecule has 4 rings (SSSR count). The summed E-state index contributed by atoms with van der Waals surface area (Å²) in [6.07, 6.45) is 7.01. The summed E-state index contributed by atoms with van der Waals surface area (Å²) in [6, 6.07) is 4.27.